The summed E-state index contributed by atoms with van der Waals surface area (Å²) in [6, 6.07) is 2.00. The third kappa shape index (κ3) is 3.39. The molecule has 2 aliphatic rings. The van der Waals surface area contributed by atoms with Gasteiger partial charge in [-0.3, -0.25) is 9.78 Å². The van der Waals surface area contributed by atoms with Gasteiger partial charge in [-0.25, -0.2) is 0 Å². The molecule has 3 heterocycles. The van der Waals surface area contributed by atoms with Crippen LogP contribution >= 0.6 is 0 Å². The smallest absolute Gasteiger partial charge is 0.255 e. The molecular weight excluding hydrogens is 278 g/mol. The van der Waals surface area contributed by atoms with Crippen molar-refractivity contribution in [2.45, 2.75) is 0 Å². The lowest BCUT2D eigenvalue weighted by Crippen LogP contribution is -2.47. The van der Waals surface area contributed by atoms with Crippen LogP contribution in [0.15, 0.2) is 18.5 Å². The molecule has 22 heavy (non-hydrogen) atoms. The monoisotopic (exact) mass is 303 g/mol. The van der Waals surface area contributed by atoms with Crippen molar-refractivity contribution in [3.8, 4) is 0 Å². The second-order valence-corrected chi connectivity index (χ2v) is 6.32. The van der Waals surface area contributed by atoms with E-state index in [1.165, 1.54) is 0 Å². The Bertz CT molecular complexity index is 519. The molecule has 1 aromatic heterocycles. The van der Waals surface area contributed by atoms with E-state index < -0.39 is 0 Å². The highest BCUT2D eigenvalue weighted by atomic mass is 16.2. The van der Waals surface area contributed by atoms with Crippen LogP contribution < -0.4 is 4.90 Å². The van der Waals surface area contributed by atoms with Gasteiger partial charge in [0.15, 0.2) is 0 Å². The first-order valence-electron chi connectivity index (χ1n) is 8.00. The molecule has 0 spiro atoms. The molecule has 2 fully saturated rings. The molecule has 120 valence electrons. The van der Waals surface area contributed by atoms with Crippen LogP contribution in [0.2, 0.25) is 0 Å². The van der Waals surface area contributed by atoms with Crippen molar-refractivity contribution in [1.29, 1.82) is 0 Å². The normalized spacial score (nSPS) is 21.2. The predicted octanol–water partition coefficient (Wildman–Crippen LogP) is 0.221. The van der Waals surface area contributed by atoms with Crippen LogP contribution in [0.25, 0.3) is 0 Å². The molecule has 2 saturated heterocycles. The zero-order valence-corrected chi connectivity index (χ0v) is 13.5. The van der Waals surface area contributed by atoms with Crippen LogP contribution in [0.5, 0.6) is 0 Å². The maximum absolute atomic E-state index is 12.6. The second-order valence-electron chi connectivity index (χ2n) is 6.32. The molecule has 6 heteroatoms. The zero-order valence-electron chi connectivity index (χ0n) is 13.5. The first-order chi connectivity index (χ1) is 10.6. The van der Waals surface area contributed by atoms with Crippen LogP contribution in [0.1, 0.15) is 10.4 Å². The average Bonchev–Trinajstić information content (AvgIpc) is 2.56. The van der Waals surface area contributed by atoms with Gasteiger partial charge in [0.05, 0.1) is 17.4 Å². The highest BCUT2D eigenvalue weighted by Gasteiger charge is 2.22. The lowest BCUT2D eigenvalue weighted by molar-refractivity contribution is 0.0663. The number of aromatic nitrogens is 1. The van der Waals surface area contributed by atoms with Gasteiger partial charge in [-0.2, -0.15) is 0 Å². The number of carbonyl (C=O) groups excluding carboxylic acids is 1. The number of nitrogens with zero attached hydrogens (tertiary/aromatic N) is 5. The van der Waals surface area contributed by atoms with Crippen LogP contribution in [-0.4, -0.2) is 92.0 Å². The average molecular weight is 303 g/mol. The van der Waals surface area contributed by atoms with Gasteiger partial charge in [-0.1, -0.05) is 0 Å². The quantitative estimate of drug-likeness (QED) is 0.782. The molecule has 1 aromatic rings. The lowest BCUT2D eigenvalue weighted by atomic mass is 10.2. The summed E-state index contributed by atoms with van der Waals surface area (Å²) < 4.78 is 0. The summed E-state index contributed by atoms with van der Waals surface area (Å²) in [6.07, 6.45) is 3.56. The molecule has 0 atom stereocenters. The molecule has 0 N–H and O–H groups in total. The molecule has 0 aromatic carbocycles. The van der Waals surface area contributed by atoms with Crippen molar-refractivity contribution >= 4 is 11.6 Å². The van der Waals surface area contributed by atoms with Gasteiger partial charge in [0, 0.05) is 58.6 Å². The molecule has 0 unspecified atom stereocenters. The third-order valence-electron chi connectivity index (χ3n) is 4.63. The Morgan fingerprint density at radius 2 is 1.50 bits per heavy atom. The summed E-state index contributed by atoms with van der Waals surface area (Å²) in [5.74, 6) is 0.108. The third-order valence-corrected chi connectivity index (χ3v) is 4.63. The zero-order chi connectivity index (χ0) is 15.5. The number of carbonyl (C=O) groups is 1. The molecule has 0 radical (unpaired) electrons. The number of anilines is 1. The number of pyridine rings is 1. The van der Waals surface area contributed by atoms with Gasteiger partial charge in [0.1, 0.15) is 0 Å². The minimum absolute atomic E-state index is 0.108. The number of hydrogen-bond acceptors (Lipinski definition) is 5. The molecular formula is C16H25N5O. The molecule has 2 aliphatic heterocycles. The van der Waals surface area contributed by atoms with E-state index >= 15 is 0 Å². The van der Waals surface area contributed by atoms with Crippen molar-refractivity contribution < 1.29 is 4.79 Å². The summed E-state index contributed by atoms with van der Waals surface area (Å²) in [6.45, 7) is 7.57. The Morgan fingerprint density at radius 3 is 2.14 bits per heavy atom. The fraction of sp³-hybridized carbons (Fsp3) is 0.625. The van der Waals surface area contributed by atoms with Gasteiger partial charge in [-0.15, -0.1) is 0 Å². The van der Waals surface area contributed by atoms with Gasteiger partial charge in [0.2, 0.25) is 0 Å². The highest BCUT2D eigenvalue weighted by Crippen LogP contribution is 2.18. The summed E-state index contributed by atoms with van der Waals surface area (Å²) in [5, 5.41) is 0. The predicted molar refractivity (Wildman–Crippen MR) is 87.3 cm³/mol. The van der Waals surface area contributed by atoms with Gasteiger partial charge >= 0.3 is 0 Å². The second kappa shape index (κ2) is 6.62. The van der Waals surface area contributed by atoms with Crippen molar-refractivity contribution in [2.24, 2.45) is 0 Å². The molecule has 0 aliphatic carbocycles. The Morgan fingerprint density at radius 1 is 0.909 bits per heavy atom. The van der Waals surface area contributed by atoms with E-state index in [1.54, 1.807) is 6.20 Å². The van der Waals surface area contributed by atoms with Crippen molar-refractivity contribution in [3.63, 3.8) is 0 Å². The topological polar surface area (TPSA) is 42.9 Å². The minimum atomic E-state index is 0.108. The van der Waals surface area contributed by atoms with E-state index in [9.17, 15) is 4.79 Å². The molecule has 0 bridgehead atoms. The van der Waals surface area contributed by atoms with E-state index in [-0.39, 0.29) is 5.91 Å². The van der Waals surface area contributed by atoms with Gasteiger partial charge in [0.25, 0.3) is 5.91 Å². The van der Waals surface area contributed by atoms with E-state index in [1.807, 2.05) is 17.2 Å². The van der Waals surface area contributed by atoms with Crippen LogP contribution in [0.4, 0.5) is 5.69 Å². The summed E-state index contributed by atoms with van der Waals surface area (Å²) in [4.78, 5) is 25.8. The van der Waals surface area contributed by atoms with E-state index in [4.69, 9.17) is 0 Å². The lowest BCUT2D eigenvalue weighted by Gasteiger charge is -2.34. The van der Waals surface area contributed by atoms with E-state index in [2.05, 4.69) is 33.8 Å². The van der Waals surface area contributed by atoms with Crippen molar-refractivity contribution in [1.82, 2.24) is 19.7 Å². The largest absolute Gasteiger partial charge is 0.368 e. The van der Waals surface area contributed by atoms with Crippen molar-refractivity contribution in [2.75, 3.05) is 71.4 Å². The Kier molecular flexibility index (Phi) is 4.59. The van der Waals surface area contributed by atoms with E-state index in [0.29, 0.717) is 5.56 Å². The highest BCUT2D eigenvalue weighted by molar-refractivity contribution is 5.94. The molecule has 1 amide bonds. The SMILES string of the molecule is CN1CCN(C(=O)c2cncc(N3CCN(C)CC3)c2)CC1. The van der Waals surface area contributed by atoms with Crippen molar-refractivity contribution in [3.05, 3.63) is 24.0 Å². The number of likely N-dealkylation sites (N-methyl/N-ethyl adjacent to an activating group) is 2. The van der Waals surface area contributed by atoms with E-state index in [0.717, 1.165) is 58.0 Å². The molecule has 3 rings (SSSR count). The fourth-order valence-electron chi connectivity index (χ4n) is 2.97. The number of hydrogen-bond donors (Lipinski definition) is 0. The van der Waals surface area contributed by atoms with Crippen LogP contribution in [-0.2, 0) is 0 Å². The first kappa shape index (κ1) is 15.2. The number of amides is 1. The fourth-order valence-corrected chi connectivity index (χ4v) is 2.97. The Labute approximate surface area is 132 Å². The number of piperazine rings is 2. The Hall–Kier alpha value is -1.66. The molecule has 6 nitrogen and oxygen atoms in total. The summed E-state index contributed by atoms with van der Waals surface area (Å²) >= 11 is 0. The minimum Gasteiger partial charge on any atom is -0.368 e. The molecule has 0 saturated carbocycles. The maximum atomic E-state index is 12.6. The maximum Gasteiger partial charge on any atom is 0.255 e. The van der Waals surface area contributed by atoms with Crippen LogP contribution in [0.3, 0.4) is 0 Å². The Balaban J connectivity index is 1.69. The summed E-state index contributed by atoms with van der Waals surface area (Å²) in [5.41, 5.74) is 1.77. The van der Waals surface area contributed by atoms with Gasteiger partial charge in [-0.05, 0) is 20.2 Å². The number of rotatable bonds is 2. The van der Waals surface area contributed by atoms with Gasteiger partial charge < -0.3 is 19.6 Å². The standard InChI is InChI=1S/C16H25N5O/c1-18-3-7-20(8-4-18)15-11-14(12-17-13-15)16(22)21-9-5-19(2)6-10-21/h11-13H,3-10H2,1-2H3. The first-order valence-corrected chi connectivity index (χ1v) is 8.00. The van der Waals surface area contributed by atoms with Crippen LogP contribution in [0, 0.1) is 0 Å². The summed E-state index contributed by atoms with van der Waals surface area (Å²) in [7, 11) is 4.24.